The number of hydrogen-bond donors (Lipinski definition) is 1. The van der Waals surface area contributed by atoms with Crippen LogP contribution in [0.1, 0.15) is 17.7 Å². The topological polar surface area (TPSA) is 67.2 Å². The summed E-state index contributed by atoms with van der Waals surface area (Å²) in [6, 6.07) is 7.53. The Balaban J connectivity index is 1.76. The maximum atomic E-state index is 12.6. The molecule has 0 aliphatic carbocycles. The number of rotatable bonds is 3. The van der Waals surface area contributed by atoms with Crippen LogP contribution in [0.5, 0.6) is 0 Å². The first-order chi connectivity index (χ1) is 11.4. The molecular formula is C17H19BrN4O2. The van der Waals surface area contributed by atoms with Crippen molar-refractivity contribution in [1.29, 1.82) is 0 Å². The monoisotopic (exact) mass is 390 g/mol. The van der Waals surface area contributed by atoms with Crippen LogP contribution in [0, 0.1) is 19.8 Å². The molecule has 0 saturated carbocycles. The van der Waals surface area contributed by atoms with Crippen molar-refractivity contribution in [2.75, 3.05) is 16.8 Å². The molecule has 24 heavy (non-hydrogen) atoms. The maximum absolute atomic E-state index is 12.6. The summed E-state index contributed by atoms with van der Waals surface area (Å²) in [4.78, 5) is 26.6. The molecule has 0 radical (unpaired) electrons. The van der Waals surface area contributed by atoms with Crippen molar-refractivity contribution < 1.29 is 9.59 Å². The average molecular weight is 391 g/mol. The van der Waals surface area contributed by atoms with Gasteiger partial charge in [0.1, 0.15) is 5.82 Å². The van der Waals surface area contributed by atoms with Crippen LogP contribution >= 0.6 is 15.9 Å². The van der Waals surface area contributed by atoms with E-state index in [0.717, 1.165) is 21.4 Å². The summed E-state index contributed by atoms with van der Waals surface area (Å²) in [7, 11) is 1.79. The summed E-state index contributed by atoms with van der Waals surface area (Å²) in [6.45, 7) is 4.20. The Labute approximate surface area is 149 Å². The van der Waals surface area contributed by atoms with Gasteiger partial charge in [0.2, 0.25) is 11.8 Å². The maximum Gasteiger partial charge on any atom is 0.230 e. The zero-order chi connectivity index (χ0) is 17.4. The summed E-state index contributed by atoms with van der Waals surface area (Å²) in [6.07, 6.45) is 0.211. The molecule has 2 amide bonds. The van der Waals surface area contributed by atoms with Crippen LogP contribution in [0.2, 0.25) is 0 Å². The van der Waals surface area contributed by atoms with E-state index >= 15 is 0 Å². The van der Waals surface area contributed by atoms with Gasteiger partial charge in [0.05, 0.1) is 17.3 Å². The molecule has 1 unspecified atom stereocenters. The molecule has 0 bridgehead atoms. The molecule has 3 rings (SSSR count). The minimum atomic E-state index is -0.376. The highest BCUT2D eigenvalue weighted by Gasteiger charge is 2.36. The van der Waals surface area contributed by atoms with Gasteiger partial charge in [-0.2, -0.15) is 5.10 Å². The lowest BCUT2D eigenvalue weighted by Crippen LogP contribution is -2.29. The molecule has 7 heteroatoms. The van der Waals surface area contributed by atoms with Crippen LogP contribution in [-0.2, 0) is 16.6 Å². The van der Waals surface area contributed by atoms with Crippen molar-refractivity contribution in [3.8, 4) is 0 Å². The van der Waals surface area contributed by atoms with Gasteiger partial charge >= 0.3 is 0 Å². The fraction of sp³-hybridized carbons (Fsp3) is 0.353. The number of aryl methyl sites for hydroxylation is 2. The predicted molar refractivity (Wildman–Crippen MR) is 95.9 cm³/mol. The standard InChI is InChI=1S/C17H19BrN4O2/c1-10-11(2)20-21(3)16(10)19-17(24)12-8-15(23)22(9-12)14-7-5-4-6-13(14)18/h4-7,12H,8-9H2,1-3H3,(H,19,24). The highest BCUT2D eigenvalue weighted by molar-refractivity contribution is 9.10. The molecule has 6 nitrogen and oxygen atoms in total. The third kappa shape index (κ3) is 2.96. The van der Waals surface area contributed by atoms with E-state index in [9.17, 15) is 9.59 Å². The molecule has 2 aromatic rings. The van der Waals surface area contributed by atoms with Crippen LogP contribution in [0.3, 0.4) is 0 Å². The Hall–Kier alpha value is -2.15. The summed E-state index contributed by atoms with van der Waals surface area (Å²) >= 11 is 3.46. The van der Waals surface area contributed by atoms with E-state index in [0.29, 0.717) is 12.4 Å². The van der Waals surface area contributed by atoms with Crippen molar-refractivity contribution in [3.05, 3.63) is 40.0 Å². The molecule has 1 aromatic heterocycles. The minimum absolute atomic E-state index is 0.0417. The molecule has 1 aliphatic heterocycles. The summed E-state index contributed by atoms with van der Waals surface area (Å²) in [5, 5.41) is 7.22. The van der Waals surface area contributed by atoms with Gasteiger partial charge < -0.3 is 10.2 Å². The Morgan fingerprint density at radius 3 is 2.67 bits per heavy atom. The second kappa shape index (κ2) is 6.39. The fourth-order valence-electron chi connectivity index (χ4n) is 2.94. The molecule has 1 aromatic carbocycles. The third-order valence-corrected chi connectivity index (χ3v) is 5.07. The molecule has 1 saturated heterocycles. The zero-order valence-corrected chi connectivity index (χ0v) is 15.4. The van der Waals surface area contributed by atoms with Crippen molar-refractivity contribution in [2.45, 2.75) is 20.3 Å². The van der Waals surface area contributed by atoms with E-state index in [1.165, 1.54) is 0 Å². The second-order valence-electron chi connectivity index (χ2n) is 6.03. The Morgan fingerprint density at radius 1 is 1.33 bits per heavy atom. The first-order valence-corrected chi connectivity index (χ1v) is 8.53. The van der Waals surface area contributed by atoms with Crippen molar-refractivity contribution in [2.24, 2.45) is 13.0 Å². The lowest BCUT2D eigenvalue weighted by molar-refractivity contribution is -0.122. The van der Waals surface area contributed by atoms with Crippen molar-refractivity contribution in [1.82, 2.24) is 9.78 Å². The lowest BCUT2D eigenvalue weighted by atomic mass is 10.1. The first kappa shape index (κ1) is 16.7. The lowest BCUT2D eigenvalue weighted by Gasteiger charge is -2.18. The van der Waals surface area contributed by atoms with Gasteiger partial charge in [-0.15, -0.1) is 0 Å². The second-order valence-corrected chi connectivity index (χ2v) is 6.88. The number of para-hydroxylation sites is 1. The highest BCUT2D eigenvalue weighted by atomic mass is 79.9. The quantitative estimate of drug-likeness (QED) is 0.875. The Morgan fingerprint density at radius 2 is 2.04 bits per heavy atom. The predicted octanol–water partition coefficient (Wildman–Crippen LogP) is 2.79. The van der Waals surface area contributed by atoms with Gasteiger partial charge in [0, 0.05) is 30.0 Å². The summed E-state index contributed by atoms with van der Waals surface area (Å²) in [5.74, 6) is 0.118. The molecule has 1 aliphatic rings. The summed E-state index contributed by atoms with van der Waals surface area (Å²) < 4.78 is 2.50. The van der Waals surface area contributed by atoms with Crippen LogP contribution in [0.25, 0.3) is 0 Å². The zero-order valence-electron chi connectivity index (χ0n) is 13.8. The number of carbonyl (C=O) groups excluding carboxylic acids is 2. The van der Waals surface area contributed by atoms with E-state index in [1.807, 2.05) is 38.1 Å². The van der Waals surface area contributed by atoms with Gasteiger partial charge in [-0.05, 0) is 41.9 Å². The van der Waals surface area contributed by atoms with E-state index in [2.05, 4.69) is 26.3 Å². The van der Waals surface area contributed by atoms with E-state index < -0.39 is 0 Å². The number of anilines is 2. The number of carbonyl (C=O) groups is 2. The first-order valence-electron chi connectivity index (χ1n) is 7.74. The van der Waals surface area contributed by atoms with Crippen LogP contribution in [0.4, 0.5) is 11.5 Å². The van der Waals surface area contributed by atoms with Crippen molar-refractivity contribution in [3.63, 3.8) is 0 Å². The molecule has 126 valence electrons. The average Bonchev–Trinajstić information content (AvgIpc) is 3.03. The smallest absolute Gasteiger partial charge is 0.230 e. The van der Waals surface area contributed by atoms with Crippen molar-refractivity contribution >= 4 is 39.2 Å². The van der Waals surface area contributed by atoms with Crippen LogP contribution < -0.4 is 10.2 Å². The third-order valence-electron chi connectivity index (χ3n) is 4.40. The fourth-order valence-corrected chi connectivity index (χ4v) is 3.44. The largest absolute Gasteiger partial charge is 0.310 e. The number of halogens is 1. The molecule has 1 N–H and O–H groups in total. The van der Waals surface area contributed by atoms with Gasteiger partial charge in [-0.3, -0.25) is 14.3 Å². The minimum Gasteiger partial charge on any atom is -0.310 e. The highest BCUT2D eigenvalue weighted by Crippen LogP contribution is 2.31. The van der Waals surface area contributed by atoms with Crippen LogP contribution in [0.15, 0.2) is 28.7 Å². The molecule has 1 fully saturated rings. The molecular weight excluding hydrogens is 372 g/mol. The number of benzene rings is 1. The number of nitrogens with one attached hydrogen (secondary N) is 1. The van der Waals surface area contributed by atoms with Gasteiger partial charge in [0.15, 0.2) is 0 Å². The normalized spacial score (nSPS) is 17.4. The summed E-state index contributed by atoms with van der Waals surface area (Å²) in [5.41, 5.74) is 2.62. The molecule has 2 heterocycles. The van der Waals surface area contributed by atoms with E-state index in [4.69, 9.17) is 0 Å². The SMILES string of the molecule is Cc1nn(C)c(NC(=O)C2CC(=O)N(c3ccccc3Br)C2)c1C. The number of amides is 2. The van der Waals surface area contributed by atoms with E-state index in [-0.39, 0.29) is 24.2 Å². The van der Waals surface area contributed by atoms with Crippen LogP contribution in [-0.4, -0.2) is 28.1 Å². The number of hydrogen-bond acceptors (Lipinski definition) is 3. The number of aromatic nitrogens is 2. The Kier molecular flexibility index (Phi) is 4.45. The molecule has 0 spiro atoms. The Bertz CT molecular complexity index is 815. The van der Waals surface area contributed by atoms with E-state index in [1.54, 1.807) is 16.6 Å². The van der Waals surface area contributed by atoms with Gasteiger partial charge in [0.25, 0.3) is 0 Å². The van der Waals surface area contributed by atoms with Gasteiger partial charge in [-0.1, -0.05) is 12.1 Å². The molecule has 1 atom stereocenters. The van der Waals surface area contributed by atoms with Gasteiger partial charge in [-0.25, -0.2) is 0 Å². The number of nitrogens with zero attached hydrogens (tertiary/aromatic N) is 3.